The minimum Gasteiger partial charge on any atom is -0.378 e. The molecule has 0 saturated carbocycles. The van der Waals surface area contributed by atoms with E-state index in [4.69, 9.17) is 11.6 Å². The lowest BCUT2D eigenvalue weighted by molar-refractivity contribution is 0.749. The topological polar surface area (TPSA) is 12.0 Å². The summed E-state index contributed by atoms with van der Waals surface area (Å²) >= 11 is 9.47. The van der Waals surface area contributed by atoms with Crippen LogP contribution < -0.4 is 5.32 Å². The average Bonchev–Trinajstić information content (AvgIpc) is 2.38. The quantitative estimate of drug-likeness (QED) is 0.764. The third-order valence-corrected chi connectivity index (χ3v) is 3.61. The molecule has 0 aliphatic carbocycles. The van der Waals surface area contributed by atoms with Crippen LogP contribution >= 0.6 is 27.5 Å². The lowest BCUT2D eigenvalue weighted by Gasteiger charge is -2.19. The number of halogens is 2. The molecule has 2 aromatic rings. The van der Waals surface area contributed by atoms with E-state index in [9.17, 15) is 0 Å². The Labute approximate surface area is 121 Å². The predicted octanol–water partition coefficient (Wildman–Crippen LogP) is 5.67. The first kappa shape index (κ1) is 13.4. The van der Waals surface area contributed by atoms with Crippen molar-refractivity contribution in [2.75, 3.05) is 5.32 Å². The summed E-state index contributed by atoms with van der Waals surface area (Å²) in [6.45, 7) is 2.16. The van der Waals surface area contributed by atoms with E-state index in [1.807, 2.05) is 30.3 Å². The molecule has 0 amide bonds. The number of nitrogens with one attached hydrogen (secondary N) is 1. The number of hydrogen-bond acceptors (Lipinski definition) is 1. The van der Waals surface area contributed by atoms with Gasteiger partial charge in [-0.05, 0) is 48.4 Å². The van der Waals surface area contributed by atoms with Crippen LogP contribution in [0.1, 0.15) is 24.9 Å². The number of hydrogen-bond donors (Lipinski definition) is 1. The standard InChI is InChI=1S/C15H15BrClN/c1-2-15(11-4-3-5-13(17)10-11)18-14-8-6-12(16)7-9-14/h3-10,15,18H,2H2,1H3. The van der Waals surface area contributed by atoms with Gasteiger partial charge in [0.05, 0.1) is 6.04 Å². The lowest BCUT2D eigenvalue weighted by Crippen LogP contribution is -2.09. The fraction of sp³-hybridized carbons (Fsp3) is 0.200. The van der Waals surface area contributed by atoms with Gasteiger partial charge in [-0.2, -0.15) is 0 Å². The van der Waals surface area contributed by atoms with Crippen molar-refractivity contribution in [1.29, 1.82) is 0 Å². The molecule has 0 heterocycles. The Kier molecular flexibility index (Phi) is 4.67. The van der Waals surface area contributed by atoms with E-state index in [1.54, 1.807) is 0 Å². The zero-order chi connectivity index (χ0) is 13.0. The summed E-state index contributed by atoms with van der Waals surface area (Å²) in [5.74, 6) is 0. The van der Waals surface area contributed by atoms with Crippen LogP contribution in [0.5, 0.6) is 0 Å². The lowest BCUT2D eigenvalue weighted by atomic mass is 10.0. The zero-order valence-corrected chi connectivity index (χ0v) is 12.5. The van der Waals surface area contributed by atoms with E-state index < -0.39 is 0 Å². The van der Waals surface area contributed by atoms with E-state index in [0.29, 0.717) is 0 Å². The molecule has 1 unspecified atom stereocenters. The van der Waals surface area contributed by atoms with E-state index >= 15 is 0 Å². The first-order valence-electron chi connectivity index (χ1n) is 5.96. The molecule has 0 radical (unpaired) electrons. The Hall–Kier alpha value is -0.990. The predicted molar refractivity (Wildman–Crippen MR) is 82.2 cm³/mol. The Morgan fingerprint density at radius 1 is 1.17 bits per heavy atom. The van der Waals surface area contributed by atoms with Crippen LogP contribution in [0.4, 0.5) is 5.69 Å². The van der Waals surface area contributed by atoms with Gasteiger partial charge in [0, 0.05) is 15.2 Å². The van der Waals surface area contributed by atoms with Gasteiger partial charge in [-0.25, -0.2) is 0 Å². The smallest absolute Gasteiger partial charge is 0.0511 e. The minimum absolute atomic E-state index is 0.282. The first-order valence-corrected chi connectivity index (χ1v) is 7.13. The van der Waals surface area contributed by atoms with Crippen LogP contribution in [0.15, 0.2) is 53.0 Å². The fourth-order valence-corrected chi connectivity index (χ4v) is 2.35. The normalized spacial score (nSPS) is 12.2. The number of anilines is 1. The number of rotatable bonds is 4. The van der Waals surface area contributed by atoms with E-state index in [-0.39, 0.29) is 6.04 Å². The Balaban J connectivity index is 2.17. The summed E-state index contributed by atoms with van der Waals surface area (Å²) < 4.78 is 1.09. The van der Waals surface area contributed by atoms with Crippen molar-refractivity contribution in [3.63, 3.8) is 0 Å². The SMILES string of the molecule is CCC(Nc1ccc(Br)cc1)c1cccc(Cl)c1. The molecule has 1 atom stereocenters. The second-order valence-electron chi connectivity index (χ2n) is 4.17. The molecule has 0 spiro atoms. The van der Waals surface area contributed by atoms with Crippen molar-refractivity contribution < 1.29 is 0 Å². The summed E-state index contributed by atoms with van der Waals surface area (Å²) in [4.78, 5) is 0. The monoisotopic (exact) mass is 323 g/mol. The maximum Gasteiger partial charge on any atom is 0.0511 e. The summed E-state index contributed by atoms with van der Waals surface area (Å²) in [6.07, 6.45) is 1.01. The van der Waals surface area contributed by atoms with Crippen LogP contribution in [-0.4, -0.2) is 0 Å². The minimum atomic E-state index is 0.282. The van der Waals surface area contributed by atoms with Gasteiger partial charge in [0.1, 0.15) is 0 Å². The third-order valence-electron chi connectivity index (χ3n) is 2.84. The van der Waals surface area contributed by atoms with Gasteiger partial charge >= 0.3 is 0 Å². The fourth-order valence-electron chi connectivity index (χ4n) is 1.89. The van der Waals surface area contributed by atoms with Crippen molar-refractivity contribution in [2.45, 2.75) is 19.4 Å². The second kappa shape index (κ2) is 6.26. The molecule has 0 aliphatic heterocycles. The van der Waals surface area contributed by atoms with Crippen molar-refractivity contribution in [3.05, 3.63) is 63.6 Å². The molecular formula is C15H15BrClN. The second-order valence-corrected chi connectivity index (χ2v) is 5.52. The van der Waals surface area contributed by atoms with Crippen LogP contribution in [0.25, 0.3) is 0 Å². The van der Waals surface area contributed by atoms with Gasteiger partial charge in [0.25, 0.3) is 0 Å². The molecule has 0 saturated heterocycles. The van der Waals surface area contributed by atoms with Crippen molar-refractivity contribution in [1.82, 2.24) is 0 Å². The molecule has 0 bridgehead atoms. The van der Waals surface area contributed by atoms with E-state index in [0.717, 1.165) is 21.6 Å². The summed E-state index contributed by atoms with van der Waals surface area (Å²) in [6, 6.07) is 16.5. The molecule has 1 nitrogen and oxygen atoms in total. The summed E-state index contributed by atoms with van der Waals surface area (Å²) in [5, 5.41) is 4.30. The highest BCUT2D eigenvalue weighted by molar-refractivity contribution is 9.10. The van der Waals surface area contributed by atoms with Crippen molar-refractivity contribution in [2.24, 2.45) is 0 Å². The molecule has 1 N–H and O–H groups in total. The first-order chi connectivity index (χ1) is 8.69. The molecule has 94 valence electrons. The third kappa shape index (κ3) is 3.50. The van der Waals surface area contributed by atoms with Crippen LogP contribution in [0, 0.1) is 0 Å². The Bertz CT molecular complexity index is 510. The molecular weight excluding hydrogens is 310 g/mol. The van der Waals surface area contributed by atoms with Crippen LogP contribution in [-0.2, 0) is 0 Å². The van der Waals surface area contributed by atoms with E-state index in [1.165, 1.54) is 5.56 Å². The van der Waals surface area contributed by atoms with Gasteiger partial charge in [-0.15, -0.1) is 0 Å². The maximum atomic E-state index is 6.04. The van der Waals surface area contributed by atoms with Crippen LogP contribution in [0.3, 0.4) is 0 Å². The highest BCUT2D eigenvalue weighted by Gasteiger charge is 2.09. The largest absolute Gasteiger partial charge is 0.378 e. The van der Waals surface area contributed by atoms with Crippen molar-refractivity contribution in [3.8, 4) is 0 Å². The average molecular weight is 325 g/mol. The van der Waals surface area contributed by atoms with E-state index in [2.05, 4.69) is 46.4 Å². The maximum absolute atomic E-state index is 6.04. The molecule has 0 fully saturated rings. The van der Waals surface area contributed by atoms with Gasteiger partial charge in [-0.3, -0.25) is 0 Å². The Morgan fingerprint density at radius 2 is 1.89 bits per heavy atom. The molecule has 18 heavy (non-hydrogen) atoms. The van der Waals surface area contributed by atoms with Crippen molar-refractivity contribution >= 4 is 33.2 Å². The molecule has 0 aliphatic rings. The highest BCUT2D eigenvalue weighted by Crippen LogP contribution is 2.25. The molecule has 0 aromatic heterocycles. The molecule has 2 rings (SSSR count). The van der Waals surface area contributed by atoms with Gasteiger partial charge < -0.3 is 5.32 Å². The molecule has 3 heteroatoms. The zero-order valence-electron chi connectivity index (χ0n) is 10.2. The summed E-state index contributed by atoms with van der Waals surface area (Å²) in [7, 11) is 0. The van der Waals surface area contributed by atoms with Gasteiger partial charge in [0.15, 0.2) is 0 Å². The van der Waals surface area contributed by atoms with Gasteiger partial charge in [-0.1, -0.05) is 46.6 Å². The summed E-state index contributed by atoms with van der Waals surface area (Å²) in [5.41, 5.74) is 2.33. The number of benzene rings is 2. The Morgan fingerprint density at radius 3 is 2.50 bits per heavy atom. The van der Waals surface area contributed by atoms with Crippen LogP contribution in [0.2, 0.25) is 5.02 Å². The highest BCUT2D eigenvalue weighted by atomic mass is 79.9. The molecule has 2 aromatic carbocycles. The van der Waals surface area contributed by atoms with Gasteiger partial charge in [0.2, 0.25) is 0 Å².